The van der Waals surface area contributed by atoms with Gasteiger partial charge in [-0.25, -0.2) is 9.49 Å². The predicted molar refractivity (Wildman–Crippen MR) is 91.6 cm³/mol. The molecule has 0 bridgehead atoms. The molecule has 0 fully saturated rings. The molecule has 0 saturated heterocycles. The second-order valence-electron chi connectivity index (χ2n) is 5.93. The number of rotatable bonds is 2. The zero-order chi connectivity index (χ0) is 17.4. The van der Waals surface area contributed by atoms with Crippen LogP contribution in [0.1, 0.15) is 22.5 Å². The number of hydrogen-bond donors (Lipinski definition) is 2. The van der Waals surface area contributed by atoms with Crippen molar-refractivity contribution in [1.29, 1.82) is 0 Å². The smallest absolute Gasteiger partial charge is 0.274 e. The van der Waals surface area contributed by atoms with Crippen LogP contribution in [-0.2, 0) is 0 Å². The summed E-state index contributed by atoms with van der Waals surface area (Å²) in [7, 11) is 0. The van der Waals surface area contributed by atoms with Gasteiger partial charge in [0.05, 0.1) is 0 Å². The molecule has 0 atom stereocenters. The van der Waals surface area contributed by atoms with Crippen LogP contribution in [0.25, 0.3) is 16.5 Å². The molecule has 1 amide bonds. The zero-order valence-corrected chi connectivity index (χ0v) is 13.3. The van der Waals surface area contributed by atoms with E-state index in [1.54, 1.807) is 11.0 Å². The maximum absolute atomic E-state index is 13.3. The van der Waals surface area contributed by atoms with Gasteiger partial charge in [0.15, 0.2) is 0 Å². The van der Waals surface area contributed by atoms with Gasteiger partial charge in [-0.2, -0.15) is 5.10 Å². The van der Waals surface area contributed by atoms with Crippen LogP contribution in [0.5, 0.6) is 0 Å². The first-order valence-corrected chi connectivity index (χ1v) is 7.93. The Hall–Kier alpha value is -3.22. The van der Waals surface area contributed by atoms with Crippen LogP contribution in [0.4, 0.5) is 4.39 Å². The van der Waals surface area contributed by atoms with Gasteiger partial charge < -0.3 is 9.88 Å². The van der Waals surface area contributed by atoms with Crippen LogP contribution < -0.4 is 5.56 Å². The molecule has 3 heterocycles. The lowest BCUT2D eigenvalue weighted by Crippen LogP contribution is -2.35. The van der Waals surface area contributed by atoms with Crippen LogP contribution in [0, 0.1) is 5.82 Å². The van der Waals surface area contributed by atoms with Crippen LogP contribution in [0.3, 0.4) is 0 Å². The van der Waals surface area contributed by atoms with Crippen LogP contribution in [-0.4, -0.2) is 39.1 Å². The predicted octanol–water partition coefficient (Wildman–Crippen LogP) is 2.32. The molecule has 3 aromatic rings. The lowest BCUT2D eigenvalue weighted by molar-refractivity contribution is 0.0765. The van der Waals surface area contributed by atoms with Gasteiger partial charge in [-0.3, -0.25) is 9.59 Å². The molecule has 0 saturated carbocycles. The third kappa shape index (κ3) is 2.84. The number of hydrogen-bond acceptors (Lipinski definition) is 3. The molecule has 7 heteroatoms. The van der Waals surface area contributed by atoms with Crippen molar-refractivity contribution in [3.05, 3.63) is 70.0 Å². The monoisotopic (exact) mass is 338 g/mol. The minimum absolute atomic E-state index is 0.215. The van der Waals surface area contributed by atoms with Gasteiger partial charge in [0, 0.05) is 41.8 Å². The van der Waals surface area contributed by atoms with E-state index in [1.807, 2.05) is 12.3 Å². The van der Waals surface area contributed by atoms with E-state index in [9.17, 15) is 14.0 Å². The summed E-state index contributed by atoms with van der Waals surface area (Å²) in [5.74, 6) is -0.490. The highest BCUT2D eigenvalue weighted by molar-refractivity contribution is 5.95. The van der Waals surface area contributed by atoms with Crippen molar-refractivity contribution in [3.8, 4) is 0 Å². The average molecular weight is 338 g/mol. The topological polar surface area (TPSA) is 81.8 Å². The summed E-state index contributed by atoms with van der Waals surface area (Å²) in [4.78, 5) is 28.2. The van der Waals surface area contributed by atoms with Gasteiger partial charge in [0.25, 0.3) is 11.5 Å². The number of fused-ring (bicyclic) bond motifs is 1. The van der Waals surface area contributed by atoms with E-state index in [0.29, 0.717) is 19.5 Å². The Morgan fingerprint density at radius 3 is 2.84 bits per heavy atom. The molecule has 126 valence electrons. The molecule has 1 aliphatic rings. The molecule has 6 nitrogen and oxygen atoms in total. The second kappa shape index (κ2) is 6.01. The molecule has 0 unspecified atom stereocenters. The molecule has 2 aromatic heterocycles. The Morgan fingerprint density at radius 1 is 1.24 bits per heavy atom. The van der Waals surface area contributed by atoms with Gasteiger partial charge in [-0.05, 0) is 36.3 Å². The fourth-order valence-corrected chi connectivity index (χ4v) is 3.09. The molecular formula is C18H15FN4O2. The van der Waals surface area contributed by atoms with E-state index in [1.165, 1.54) is 24.3 Å². The van der Waals surface area contributed by atoms with Crippen LogP contribution >= 0.6 is 0 Å². The Bertz CT molecular complexity index is 1030. The zero-order valence-electron chi connectivity index (χ0n) is 13.3. The highest BCUT2D eigenvalue weighted by Crippen LogP contribution is 2.29. The number of nitrogens with one attached hydrogen (secondary N) is 2. The molecule has 0 aliphatic carbocycles. The fraction of sp³-hybridized carbons (Fsp3) is 0.167. The summed E-state index contributed by atoms with van der Waals surface area (Å²) in [5, 5.41) is 7.02. The van der Waals surface area contributed by atoms with Crippen LogP contribution in [0.15, 0.2) is 47.4 Å². The van der Waals surface area contributed by atoms with Gasteiger partial charge in [0.2, 0.25) is 0 Å². The number of amides is 1. The molecule has 4 rings (SSSR count). The average Bonchev–Trinajstić information content (AvgIpc) is 3.05. The van der Waals surface area contributed by atoms with E-state index in [4.69, 9.17) is 0 Å². The first-order valence-electron chi connectivity index (χ1n) is 7.93. The summed E-state index contributed by atoms with van der Waals surface area (Å²) >= 11 is 0. The molecule has 1 aromatic carbocycles. The second-order valence-corrected chi connectivity index (χ2v) is 5.93. The third-order valence-corrected chi connectivity index (χ3v) is 4.38. The van der Waals surface area contributed by atoms with E-state index in [0.717, 1.165) is 22.0 Å². The SMILES string of the molecule is O=C(c1ccc(=O)[nH]n1)N1CC=C(c2c[nH]c3cc(F)ccc23)CC1. The number of H-pyrrole nitrogens is 2. The summed E-state index contributed by atoms with van der Waals surface area (Å²) in [5.41, 5.74) is 2.79. The summed E-state index contributed by atoms with van der Waals surface area (Å²) in [6, 6.07) is 7.39. The number of carbonyl (C=O) groups is 1. The first-order chi connectivity index (χ1) is 12.1. The molecule has 2 N–H and O–H groups in total. The van der Waals surface area contributed by atoms with Gasteiger partial charge in [-0.15, -0.1) is 0 Å². The molecule has 0 spiro atoms. The number of nitrogens with zero attached hydrogens (tertiary/aromatic N) is 2. The van der Waals surface area contributed by atoms with Gasteiger partial charge >= 0.3 is 0 Å². The Labute approximate surface area is 142 Å². The Kier molecular flexibility index (Phi) is 3.68. The quantitative estimate of drug-likeness (QED) is 0.752. The number of benzene rings is 1. The Morgan fingerprint density at radius 2 is 2.12 bits per heavy atom. The summed E-state index contributed by atoms with van der Waals surface area (Å²) in [6.07, 6.45) is 4.56. The van der Waals surface area contributed by atoms with Gasteiger partial charge in [0.1, 0.15) is 11.5 Å². The van der Waals surface area contributed by atoms with Crippen LogP contribution in [0.2, 0.25) is 0 Å². The van der Waals surface area contributed by atoms with E-state index >= 15 is 0 Å². The lowest BCUT2D eigenvalue weighted by atomic mass is 9.98. The van der Waals surface area contributed by atoms with Crippen molar-refractivity contribution in [2.24, 2.45) is 0 Å². The number of halogens is 1. The number of carbonyl (C=O) groups excluding carboxylic acids is 1. The van der Waals surface area contributed by atoms with E-state index < -0.39 is 0 Å². The van der Waals surface area contributed by atoms with Crippen molar-refractivity contribution < 1.29 is 9.18 Å². The summed E-state index contributed by atoms with van der Waals surface area (Å²) < 4.78 is 13.3. The molecular weight excluding hydrogens is 323 g/mol. The molecule has 25 heavy (non-hydrogen) atoms. The molecule has 0 radical (unpaired) electrons. The van der Waals surface area contributed by atoms with Crippen molar-refractivity contribution in [3.63, 3.8) is 0 Å². The minimum atomic E-state index is -0.340. The number of aromatic amines is 2. The largest absolute Gasteiger partial charge is 0.360 e. The number of aromatic nitrogens is 3. The fourth-order valence-electron chi connectivity index (χ4n) is 3.09. The Balaban J connectivity index is 1.56. The van der Waals surface area contributed by atoms with Crippen molar-refractivity contribution >= 4 is 22.4 Å². The highest BCUT2D eigenvalue weighted by Gasteiger charge is 2.21. The lowest BCUT2D eigenvalue weighted by Gasteiger charge is -2.26. The minimum Gasteiger partial charge on any atom is -0.360 e. The molecule has 1 aliphatic heterocycles. The standard InChI is InChI=1S/C18H15FN4O2/c19-12-1-2-13-14(10-20-16(13)9-12)11-5-7-23(8-6-11)18(25)15-3-4-17(24)22-21-15/h1-5,9-10,20H,6-8H2,(H,22,24). The third-order valence-electron chi connectivity index (χ3n) is 4.38. The maximum atomic E-state index is 13.3. The first kappa shape index (κ1) is 15.3. The summed E-state index contributed by atoms with van der Waals surface area (Å²) in [6.45, 7) is 1.02. The van der Waals surface area contributed by atoms with E-state index in [2.05, 4.69) is 15.2 Å². The van der Waals surface area contributed by atoms with Crippen molar-refractivity contribution in [1.82, 2.24) is 20.1 Å². The maximum Gasteiger partial charge on any atom is 0.274 e. The van der Waals surface area contributed by atoms with Crippen molar-refractivity contribution in [2.75, 3.05) is 13.1 Å². The van der Waals surface area contributed by atoms with Crippen molar-refractivity contribution in [2.45, 2.75) is 6.42 Å². The normalized spacial score (nSPS) is 14.6. The van der Waals surface area contributed by atoms with E-state index in [-0.39, 0.29) is 23.0 Å². The highest BCUT2D eigenvalue weighted by atomic mass is 19.1. The van der Waals surface area contributed by atoms with Gasteiger partial charge in [-0.1, -0.05) is 6.08 Å².